The number of nitrogens with one attached hydrogen (secondary N) is 1. The second-order valence-electron chi connectivity index (χ2n) is 4.47. The van der Waals surface area contributed by atoms with Crippen LogP contribution in [-0.4, -0.2) is 24.5 Å². The quantitative estimate of drug-likeness (QED) is 0.612. The Morgan fingerprint density at radius 1 is 1.50 bits per heavy atom. The number of hydrogen-bond donors (Lipinski definition) is 2. The second-order valence-corrected chi connectivity index (χ2v) is 6.19. The minimum Gasteiger partial charge on any atom is -0.502 e. The number of nitrogens with zero attached hydrogens (tertiary/aromatic N) is 2. The van der Waals surface area contributed by atoms with Gasteiger partial charge in [0.25, 0.3) is 0 Å². The van der Waals surface area contributed by atoms with Crippen LogP contribution in [0.2, 0.25) is 0 Å². The summed E-state index contributed by atoms with van der Waals surface area (Å²) < 4.78 is 26.3. The minimum atomic E-state index is -4.04. The van der Waals surface area contributed by atoms with E-state index in [-0.39, 0.29) is 10.8 Å². The Hall–Kier alpha value is -2.18. The normalized spacial score (nSPS) is 16.4. The predicted octanol–water partition coefficient (Wildman–Crippen LogP) is 0.881. The molecule has 2 N–H and O–H groups in total. The van der Waals surface area contributed by atoms with Gasteiger partial charge in [0.15, 0.2) is 5.75 Å². The maximum Gasteiger partial charge on any atom is 0.312 e. The minimum absolute atomic E-state index is 0.0122. The number of nitro benzene ring substituents is 1. The molecule has 8 nitrogen and oxygen atoms in total. The van der Waals surface area contributed by atoms with Crippen molar-refractivity contribution in [2.45, 2.75) is 23.8 Å². The number of phenols is 1. The van der Waals surface area contributed by atoms with Crippen LogP contribution in [0.1, 0.15) is 12.8 Å². The number of benzene rings is 1. The van der Waals surface area contributed by atoms with Crippen LogP contribution in [0.3, 0.4) is 0 Å². The molecular formula is C11H11N3O5S. The van der Waals surface area contributed by atoms with E-state index in [2.05, 4.69) is 4.72 Å². The van der Waals surface area contributed by atoms with Gasteiger partial charge >= 0.3 is 5.69 Å². The maximum atomic E-state index is 12.1. The van der Waals surface area contributed by atoms with Crippen LogP contribution in [0.15, 0.2) is 23.1 Å². The summed E-state index contributed by atoms with van der Waals surface area (Å²) in [6, 6.07) is 3.77. The van der Waals surface area contributed by atoms with Gasteiger partial charge in [-0.15, -0.1) is 0 Å². The van der Waals surface area contributed by atoms with Gasteiger partial charge in [-0.2, -0.15) is 9.98 Å². The zero-order valence-corrected chi connectivity index (χ0v) is 11.0. The van der Waals surface area contributed by atoms with Gasteiger partial charge in [-0.05, 0) is 30.9 Å². The number of hydrogen-bond acceptors (Lipinski definition) is 6. The summed E-state index contributed by atoms with van der Waals surface area (Å²) in [4.78, 5) is 9.44. The zero-order valence-electron chi connectivity index (χ0n) is 10.2. The van der Waals surface area contributed by atoms with Crippen LogP contribution >= 0.6 is 0 Å². The van der Waals surface area contributed by atoms with Gasteiger partial charge in [-0.1, -0.05) is 0 Å². The van der Waals surface area contributed by atoms with E-state index in [0.29, 0.717) is 0 Å². The van der Waals surface area contributed by atoms with E-state index < -0.39 is 32.4 Å². The van der Waals surface area contributed by atoms with Gasteiger partial charge in [-0.3, -0.25) is 10.1 Å². The Kier molecular flexibility index (Phi) is 3.61. The summed E-state index contributed by atoms with van der Waals surface area (Å²) >= 11 is 0. The maximum absolute atomic E-state index is 12.1. The molecule has 0 saturated heterocycles. The molecule has 0 aliphatic heterocycles. The Morgan fingerprint density at radius 2 is 2.15 bits per heavy atom. The van der Waals surface area contributed by atoms with Crippen LogP contribution in [0, 0.1) is 27.4 Å². The largest absolute Gasteiger partial charge is 0.502 e. The highest BCUT2D eigenvalue weighted by Gasteiger charge is 2.35. The predicted molar refractivity (Wildman–Crippen MR) is 67.2 cm³/mol. The fourth-order valence-corrected chi connectivity index (χ4v) is 2.94. The average Bonchev–Trinajstić information content (AvgIpc) is 3.20. The first-order valence-electron chi connectivity index (χ1n) is 5.74. The van der Waals surface area contributed by atoms with Crippen molar-refractivity contribution in [2.24, 2.45) is 5.92 Å². The topological polar surface area (TPSA) is 133 Å². The van der Waals surface area contributed by atoms with E-state index in [4.69, 9.17) is 5.26 Å². The fraction of sp³-hybridized carbons (Fsp3) is 0.364. The number of phenolic OH excluding ortho intramolecular Hbond substituents is 1. The molecule has 0 radical (unpaired) electrons. The molecule has 0 amide bonds. The lowest BCUT2D eigenvalue weighted by molar-refractivity contribution is -0.386. The number of nitro groups is 1. The van der Waals surface area contributed by atoms with Crippen molar-refractivity contribution < 1.29 is 18.4 Å². The molecule has 1 unspecified atom stereocenters. The van der Waals surface area contributed by atoms with Crippen molar-refractivity contribution >= 4 is 15.7 Å². The molecule has 2 rings (SSSR count). The average molecular weight is 297 g/mol. The second kappa shape index (κ2) is 5.07. The molecule has 1 aromatic carbocycles. The standard InChI is InChI=1S/C11H11N3O5S/c12-6-9(7-1-2-7)13-20(18,19)8-3-4-11(15)10(5-8)14(16)17/h3-5,7,9,13,15H,1-2H2. The molecule has 1 aliphatic carbocycles. The Bertz CT molecular complexity index is 691. The van der Waals surface area contributed by atoms with E-state index in [9.17, 15) is 23.6 Å². The van der Waals surface area contributed by atoms with E-state index in [0.717, 1.165) is 31.0 Å². The van der Waals surface area contributed by atoms with Gasteiger partial charge in [0.05, 0.1) is 15.9 Å². The van der Waals surface area contributed by atoms with Crippen LogP contribution in [-0.2, 0) is 10.0 Å². The molecule has 0 heterocycles. The van der Waals surface area contributed by atoms with Gasteiger partial charge in [-0.25, -0.2) is 8.42 Å². The summed E-state index contributed by atoms with van der Waals surface area (Å²) in [5, 5.41) is 28.9. The lowest BCUT2D eigenvalue weighted by atomic mass is 10.2. The molecule has 1 aliphatic rings. The highest BCUT2D eigenvalue weighted by Crippen LogP contribution is 2.33. The van der Waals surface area contributed by atoms with Crippen molar-refractivity contribution in [3.63, 3.8) is 0 Å². The Morgan fingerprint density at radius 3 is 2.65 bits per heavy atom. The first kappa shape index (κ1) is 14.2. The van der Waals surface area contributed by atoms with Gasteiger partial charge in [0, 0.05) is 6.07 Å². The Balaban J connectivity index is 2.32. The summed E-state index contributed by atoms with van der Waals surface area (Å²) in [6.07, 6.45) is 1.55. The van der Waals surface area contributed by atoms with Crippen LogP contribution in [0.5, 0.6) is 5.75 Å². The molecule has 1 fully saturated rings. The molecule has 1 saturated carbocycles. The van der Waals surface area contributed by atoms with Crippen molar-refractivity contribution in [1.82, 2.24) is 4.72 Å². The smallest absolute Gasteiger partial charge is 0.312 e. The number of rotatable bonds is 5. The SMILES string of the molecule is N#CC(NS(=O)(=O)c1ccc(O)c([N+](=O)[O-])c1)C1CC1. The third-order valence-corrected chi connectivity index (χ3v) is 4.41. The molecule has 20 heavy (non-hydrogen) atoms. The third-order valence-electron chi connectivity index (χ3n) is 2.97. The van der Waals surface area contributed by atoms with Crippen molar-refractivity contribution in [2.75, 3.05) is 0 Å². The Labute approximate surface area is 114 Å². The van der Waals surface area contributed by atoms with Gasteiger partial charge < -0.3 is 5.11 Å². The van der Waals surface area contributed by atoms with E-state index >= 15 is 0 Å². The van der Waals surface area contributed by atoms with Crippen LogP contribution in [0.4, 0.5) is 5.69 Å². The first-order valence-corrected chi connectivity index (χ1v) is 7.23. The van der Waals surface area contributed by atoms with E-state index in [1.54, 1.807) is 0 Å². The van der Waals surface area contributed by atoms with Crippen molar-refractivity contribution in [1.29, 1.82) is 5.26 Å². The number of aromatic hydroxyl groups is 1. The highest BCUT2D eigenvalue weighted by molar-refractivity contribution is 7.89. The van der Waals surface area contributed by atoms with Crippen molar-refractivity contribution in [3.8, 4) is 11.8 Å². The van der Waals surface area contributed by atoms with Crippen LogP contribution in [0.25, 0.3) is 0 Å². The summed E-state index contributed by atoms with van der Waals surface area (Å²) in [5.74, 6) is -0.630. The molecule has 0 bridgehead atoms. The van der Waals surface area contributed by atoms with Gasteiger partial charge in [0.2, 0.25) is 10.0 Å². The number of nitriles is 1. The molecule has 1 aromatic rings. The highest BCUT2D eigenvalue weighted by atomic mass is 32.2. The molecule has 106 valence electrons. The zero-order chi connectivity index (χ0) is 14.9. The molecule has 1 atom stereocenters. The lowest BCUT2D eigenvalue weighted by Crippen LogP contribution is -2.35. The molecule has 0 spiro atoms. The van der Waals surface area contributed by atoms with Crippen molar-refractivity contribution in [3.05, 3.63) is 28.3 Å². The fourth-order valence-electron chi connectivity index (χ4n) is 1.71. The molecule has 9 heteroatoms. The first-order chi connectivity index (χ1) is 9.35. The molecular weight excluding hydrogens is 286 g/mol. The van der Waals surface area contributed by atoms with Crippen LogP contribution < -0.4 is 4.72 Å². The summed E-state index contributed by atoms with van der Waals surface area (Å²) in [5.41, 5.74) is -0.701. The van der Waals surface area contributed by atoms with Gasteiger partial charge in [0.1, 0.15) is 6.04 Å². The summed E-state index contributed by atoms with van der Waals surface area (Å²) in [6.45, 7) is 0. The number of sulfonamides is 1. The monoisotopic (exact) mass is 297 g/mol. The van der Waals surface area contributed by atoms with E-state index in [1.165, 1.54) is 0 Å². The lowest BCUT2D eigenvalue weighted by Gasteiger charge is -2.11. The molecule has 0 aromatic heterocycles. The summed E-state index contributed by atoms with van der Waals surface area (Å²) in [7, 11) is -4.04. The van der Waals surface area contributed by atoms with E-state index in [1.807, 2.05) is 6.07 Å². The third kappa shape index (κ3) is 2.87.